The van der Waals surface area contributed by atoms with Crippen molar-refractivity contribution in [2.24, 2.45) is 0 Å². The highest BCUT2D eigenvalue weighted by Crippen LogP contribution is 2.32. The molecule has 0 aliphatic rings. The smallest absolute Gasteiger partial charge is 0.382 e. The van der Waals surface area contributed by atoms with Crippen LogP contribution < -0.4 is 4.18 Å². The average molecular weight is 258 g/mol. The van der Waals surface area contributed by atoms with Gasteiger partial charge in [-0.3, -0.25) is 0 Å². The number of hydrogen-bond acceptors (Lipinski definition) is 3. The standard InChI is InChI=1S/C8H6F4O3S/c1-16(13,14)15-5-2-3-6(7(9)4-5)8(10,11)12/h2-4H,1H3. The number of hydrogen-bond donors (Lipinski definition) is 0. The van der Waals surface area contributed by atoms with Crippen molar-refractivity contribution in [3.05, 3.63) is 29.6 Å². The Morgan fingerprint density at radius 3 is 2.19 bits per heavy atom. The summed E-state index contributed by atoms with van der Waals surface area (Å²) in [4.78, 5) is 0. The monoisotopic (exact) mass is 258 g/mol. The maximum atomic E-state index is 12.9. The van der Waals surface area contributed by atoms with Crippen molar-refractivity contribution in [3.63, 3.8) is 0 Å². The predicted octanol–water partition coefficient (Wildman–Crippen LogP) is 2.18. The molecule has 0 aliphatic heterocycles. The fourth-order valence-corrected chi connectivity index (χ4v) is 1.41. The molecule has 0 atom stereocenters. The summed E-state index contributed by atoms with van der Waals surface area (Å²) < 4.78 is 74.8. The molecule has 16 heavy (non-hydrogen) atoms. The Balaban J connectivity index is 3.10. The first kappa shape index (κ1) is 12.8. The van der Waals surface area contributed by atoms with Crippen LogP contribution in [-0.2, 0) is 16.3 Å². The fraction of sp³-hybridized carbons (Fsp3) is 0.250. The van der Waals surface area contributed by atoms with Crippen molar-refractivity contribution in [2.45, 2.75) is 6.18 Å². The minimum atomic E-state index is -4.83. The molecule has 1 aromatic rings. The number of benzene rings is 1. The third-order valence-corrected chi connectivity index (χ3v) is 1.99. The molecule has 1 rings (SSSR count). The lowest BCUT2D eigenvalue weighted by Crippen LogP contribution is -2.10. The van der Waals surface area contributed by atoms with Crippen LogP contribution in [0.1, 0.15) is 5.56 Å². The van der Waals surface area contributed by atoms with E-state index < -0.39 is 33.4 Å². The zero-order valence-corrected chi connectivity index (χ0v) is 8.69. The van der Waals surface area contributed by atoms with E-state index in [1.165, 1.54) is 0 Å². The predicted molar refractivity (Wildman–Crippen MR) is 46.9 cm³/mol. The van der Waals surface area contributed by atoms with E-state index in [1.807, 2.05) is 0 Å². The van der Waals surface area contributed by atoms with Gasteiger partial charge in [-0.05, 0) is 12.1 Å². The van der Waals surface area contributed by atoms with E-state index in [9.17, 15) is 26.0 Å². The summed E-state index contributed by atoms with van der Waals surface area (Å²) >= 11 is 0. The lowest BCUT2D eigenvalue weighted by atomic mass is 10.2. The van der Waals surface area contributed by atoms with Crippen LogP contribution in [0, 0.1) is 5.82 Å². The van der Waals surface area contributed by atoms with E-state index in [2.05, 4.69) is 4.18 Å². The van der Waals surface area contributed by atoms with Crippen molar-refractivity contribution in [1.82, 2.24) is 0 Å². The molecular formula is C8H6F4O3S. The maximum Gasteiger partial charge on any atom is 0.419 e. The molecule has 0 saturated carbocycles. The Morgan fingerprint density at radius 1 is 1.25 bits per heavy atom. The van der Waals surface area contributed by atoms with Gasteiger partial charge in [0, 0.05) is 6.07 Å². The minimum absolute atomic E-state index is 0.365. The minimum Gasteiger partial charge on any atom is -0.382 e. The van der Waals surface area contributed by atoms with E-state index in [0.717, 1.165) is 6.07 Å². The lowest BCUT2D eigenvalue weighted by Gasteiger charge is -2.09. The highest BCUT2D eigenvalue weighted by atomic mass is 32.2. The van der Waals surface area contributed by atoms with Gasteiger partial charge in [0.1, 0.15) is 11.6 Å². The van der Waals surface area contributed by atoms with Crippen LogP contribution in [0.2, 0.25) is 0 Å². The van der Waals surface area contributed by atoms with E-state index in [0.29, 0.717) is 18.4 Å². The Kier molecular flexibility index (Phi) is 3.13. The van der Waals surface area contributed by atoms with Crippen LogP contribution in [0.4, 0.5) is 17.6 Å². The fourth-order valence-electron chi connectivity index (χ4n) is 0.952. The highest BCUT2D eigenvalue weighted by molar-refractivity contribution is 7.86. The third-order valence-electron chi connectivity index (χ3n) is 1.49. The van der Waals surface area contributed by atoms with Gasteiger partial charge in [0.2, 0.25) is 0 Å². The Hall–Kier alpha value is -1.31. The Bertz CT molecular complexity index is 492. The normalized spacial score (nSPS) is 12.6. The van der Waals surface area contributed by atoms with Gasteiger partial charge in [-0.2, -0.15) is 21.6 Å². The molecule has 0 aromatic heterocycles. The summed E-state index contributed by atoms with van der Waals surface area (Å²) in [6.45, 7) is 0. The zero-order valence-electron chi connectivity index (χ0n) is 7.88. The van der Waals surface area contributed by atoms with E-state index in [1.54, 1.807) is 0 Å². The van der Waals surface area contributed by atoms with Gasteiger partial charge in [0.15, 0.2) is 0 Å². The Morgan fingerprint density at radius 2 is 1.81 bits per heavy atom. The molecule has 0 N–H and O–H groups in total. The summed E-state index contributed by atoms with van der Waals surface area (Å²) in [7, 11) is -3.89. The quantitative estimate of drug-likeness (QED) is 0.603. The largest absolute Gasteiger partial charge is 0.419 e. The van der Waals surface area contributed by atoms with Crippen LogP contribution >= 0.6 is 0 Å². The van der Waals surface area contributed by atoms with E-state index >= 15 is 0 Å². The van der Waals surface area contributed by atoms with Crippen LogP contribution in [-0.4, -0.2) is 14.7 Å². The molecule has 0 amide bonds. The molecule has 0 saturated heterocycles. The second-order valence-electron chi connectivity index (χ2n) is 2.93. The van der Waals surface area contributed by atoms with Gasteiger partial charge < -0.3 is 4.18 Å². The van der Waals surface area contributed by atoms with Gasteiger partial charge in [0.25, 0.3) is 0 Å². The first-order chi connectivity index (χ1) is 7.09. The third kappa shape index (κ3) is 3.37. The maximum absolute atomic E-state index is 12.9. The molecule has 0 aliphatic carbocycles. The number of halogens is 4. The number of alkyl halides is 3. The van der Waals surface area contributed by atoms with Gasteiger partial charge in [0.05, 0.1) is 11.8 Å². The van der Waals surface area contributed by atoms with Crippen molar-refractivity contribution in [1.29, 1.82) is 0 Å². The van der Waals surface area contributed by atoms with Gasteiger partial charge in [-0.25, -0.2) is 4.39 Å². The van der Waals surface area contributed by atoms with Crippen molar-refractivity contribution >= 4 is 10.1 Å². The molecule has 0 bridgehead atoms. The van der Waals surface area contributed by atoms with E-state index in [4.69, 9.17) is 0 Å². The van der Waals surface area contributed by atoms with Crippen molar-refractivity contribution < 1.29 is 30.2 Å². The highest BCUT2D eigenvalue weighted by Gasteiger charge is 2.34. The van der Waals surface area contributed by atoms with Crippen LogP contribution in [0.5, 0.6) is 5.75 Å². The summed E-state index contributed by atoms with van der Waals surface area (Å²) in [6, 6.07) is 1.51. The topological polar surface area (TPSA) is 43.4 Å². The first-order valence-corrected chi connectivity index (χ1v) is 5.67. The summed E-state index contributed by atoms with van der Waals surface area (Å²) in [5.74, 6) is -2.10. The average Bonchev–Trinajstić information content (AvgIpc) is 1.97. The summed E-state index contributed by atoms with van der Waals surface area (Å²) in [6.07, 6.45) is -4.13. The number of rotatable bonds is 2. The Labute approximate surface area is 88.8 Å². The molecule has 0 heterocycles. The molecule has 90 valence electrons. The SMILES string of the molecule is CS(=O)(=O)Oc1ccc(C(F)(F)F)c(F)c1. The molecule has 3 nitrogen and oxygen atoms in total. The second kappa shape index (κ2) is 3.93. The second-order valence-corrected chi connectivity index (χ2v) is 4.50. The molecular weight excluding hydrogens is 252 g/mol. The van der Waals surface area contributed by atoms with Gasteiger partial charge in [-0.1, -0.05) is 0 Å². The van der Waals surface area contributed by atoms with Crippen molar-refractivity contribution in [3.8, 4) is 5.75 Å². The molecule has 1 aromatic carbocycles. The van der Waals surface area contributed by atoms with Gasteiger partial charge >= 0.3 is 16.3 Å². The van der Waals surface area contributed by atoms with E-state index in [-0.39, 0.29) is 0 Å². The molecule has 0 fully saturated rings. The molecule has 0 spiro atoms. The van der Waals surface area contributed by atoms with Crippen molar-refractivity contribution in [2.75, 3.05) is 6.26 Å². The summed E-state index contributed by atoms with van der Waals surface area (Å²) in [5, 5.41) is 0. The first-order valence-electron chi connectivity index (χ1n) is 3.86. The van der Waals surface area contributed by atoms with Crippen LogP contribution in [0.25, 0.3) is 0 Å². The zero-order chi connectivity index (χ0) is 12.6. The molecule has 8 heteroatoms. The van der Waals surface area contributed by atoms with Crippen LogP contribution in [0.3, 0.4) is 0 Å². The van der Waals surface area contributed by atoms with Crippen LogP contribution in [0.15, 0.2) is 18.2 Å². The van der Waals surface area contributed by atoms with Gasteiger partial charge in [-0.15, -0.1) is 0 Å². The lowest BCUT2D eigenvalue weighted by molar-refractivity contribution is -0.140. The summed E-state index contributed by atoms with van der Waals surface area (Å²) in [5.41, 5.74) is -1.48. The molecule has 0 radical (unpaired) electrons. The molecule has 0 unspecified atom stereocenters.